The second kappa shape index (κ2) is 13.2. The van der Waals surface area contributed by atoms with Crippen molar-refractivity contribution < 1.29 is 23.5 Å². The highest BCUT2D eigenvalue weighted by Gasteiger charge is 2.47. The van der Waals surface area contributed by atoms with E-state index in [4.69, 9.17) is 9.05 Å². The SMILES string of the molecule is CCOP(=O)(Oc1c(C(C)C)cccc1C(C)C)N(C(CC)CC)[C@@H](Cc1ccccc1)C(=O)O. The van der Waals surface area contributed by atoms with Gasteiger partial charge in [0.1, 0.15) is 11.8 Å². The number of aliphatic carboxylic acids is 1. The van der Waals surface area contributed by atoms with E-state index in [0.717, 1.165) is 16.7 Å². The first-order chi connectivity index (χ1) is 16.6. The molecule has 0 amide bonds. The Kier molecular flexibility index (Phi) is 11.0. The van der Waals surface area contributed by atoms with E-state index in [1.807, 2.05) is 62.4 Å². The number of carbonyl (C=O) groups is 1. The Morgan fingerprint density at radius 1 is 0.914 bits per heavy atom. The normalized spacial score (nSPS) is 14.5. The van der Waals surface area contributed by atoms with Gasteiger partial charge in [0, 0.05) is 6.04 Å². The van der Waals surface area contributed by atoms with Gasteiger partial charge in [-0.05, 0) is 54.7 Å². The van der Waals surface area contributed by atoms with Crippen molar-refractivity contribution in [3.8, 4) is 5.75 Å². The highest BCUT2D eigenvalue weighted by Crippen LogP contribution is 2.57. The Labute approximate surface area is 211 Å². The first-order valence-corrected chi connectivity index (χ1v) is 14.2. The maximum absolute atomic E-state index is 14.7. The summed E-state index contributed by atoms with van der Waals surface area (Å²) in [7, 11) is -4.07. The summed E-state index contributed by atoms with van der Waals surface area (Å²) < 4.78 is 28.6. The van der Waals surface area contributed by atoms with Gasteiger partial charge < -0.3 is 9.63 Å². The van der Waals surface area contributed by atoms with Crippen LogP contribution in [0.2, 0.25) is 0 Å². The van der Waals surface area contributed by atoms with Crippen molar-refractivity contribution in [1.82, 2.24) is 4.67 Å². The van der Waals surface area contributed by atoms with E-state index < -0.39 is 19.8 Å². The highest BCUT2D eigenvalue weighted by molar-refractivity contribution is 7.51. The molecule has 0 saturated carbocycles. The van der Waals surface area contributed by atoms with Crippen molar-refractivity contribution in [2.24, 2.45) is 0 Å². The summed E-state index contributed by atoms with van der Waals surface area (Å²) in [5.41, 5.74) is 2.70. The van der Waals surface area contributed by atoms with Crippen LogP contribution >= 0.6 is 7.75 Å². The van der Waals surface area contributed by atoms with Crippen LogP contribution in [0.4, 0.5) is 0 Å². The monoisotopic (exact) mass is 503 g/mol. The van der Waals surface area contributed by atoms with Gasteiger partial charge in [-0.25, -0.2) is 4.57 Å². The molecule has 1 N–H and O–H groups in total. The average Bonchev–Trinajstić information content (AvgIpc) is 2.81. The third-order valence-electron chi connectivity index (χ3n) is 6.29. The molecule has 0 aliphatic heterocycles. The van der Waals surface area contributed by atoms with Crippen LogP contribution in [0, 0.1) is 0 Å². The van der Waals surface area contributed by atoms with Gasteiger partial charge in [-0.2, -0.15) is 4.67 Å². The molecule has 2 aromatic carbocycles. The largest absolute Gasteiger partial charge is 0.480 e. The molecule has 0 aliphatic rings. The first kappa shape index (κ1) is 29.1. The molecular weight excluding hydrogens is 461 g/mol. The Hall–Kier alpha value is -2.14. The zero-order chi connectivity index (χ0) is 26.2. The van der Waals surface area contributed by atoms with Crippen molar-refractivity contribution >= 4 is 13.7 Å². The summed E-state index contributed by atoms with van der Waals surface area (Å²) in [6, 6.07) is 14.0. The molecule has 0 spiro atoms. The molecule has 0 heterocycles. The van der Waals surface area contributed by atoms with Gasteiger partial charge >= 0.3 is 13.7 Å². The molecule has 0 fully saturated rings. The molecule has 35 heavy (non-hydrogen) atoms. The van der Waals surface area contributed by atoms with Crippen LogP contribution in [0.1, 0.15) is 89.8 Å². The molecule has 7 heteroatoms. The Balaban J connectivity index is 2.71. The van der Waals surface area contributed by atoms with Crippen LogP contribution in [0.15, 0.2) is 48.5 Å². The molecule has 6 nitrogen and oxygen atoms in total. The third-order valence-corrected chi connectivity index (χ3v) is 8.46. The second-order valence-electron chi connectivity index (χ2n) is 9.45. The van der Waals surface area contributed by atoms with Gasteiger partial charge in [0.25, 0.3) is 0 Å². The molecule has 2 rings (SSSR count). The van der Waals surface area contributed by atoms with Crippen LogP contribution < -0.4 is 4.52 Å². The first-order valence-electron chi connectivity index (χ1n) is 12.7. The predicted octanol–water partition coefficient (Wildman–Crippen LogP) is 7.64. The van der Waals surface area contributed by atoms with Crippen LogP contribution in [-0.2, 0) is 20.3 Å². The van der Waals surface area contributed by atoms with Gasteiger partial charge in [0.2, 0.25) is 0 Å². The fourth-order valence-electron chi connectivity index (χ4n) is 4.43. The van der Waals surface area contributed by atoms with Crippen LogP contribution in [0.3, 0.4) is 0 Å². The fraction of sp³-hybridized carbons (Fsp3) is 0.536. The summed E-state index contributed by atoms with van der Waals surface area (Å²) in [5, 5.41) is 10.4. The van der Waals surface area contributed by atoms with Crippen LogP contribution in [0.25, 0.3) is 0 Å². The van der Waals surface area contributed by atoms with E-state index in [2.05, 4.69) is 27.7 Å². The summed E-state index contributed by atoms with van der Waals surface area (Å²) in [6.45, 7) is 14.1. The average molecular weight is 504 g/mol. The molecule has 0 aliphatic carbocycles. The van der Waals surface area contributed by atoms with Crippen molar-refractivity contribution in [2.75, 3.05) is 6.61 Å². The number of hydrogen-bond donors (Lipinski definition) is 1. The van der Waals surface area contributed by atoms with E-state index in [0.29, 0.717) is 18.6 Å². The number of hydrogen-bond acceptors (Lipinski definition) is 4. The molecule has 0 saturated heterocycles. The lowest BCUT2D eigenvalue weighted by atomic mass is 9.94. The molecule has 0 radical (unpaired) electrons. The number of nitrogens with zero attached hydrogens (tertiary/aromatic N) is 1. The van der Waals surface area contributed by atoms with Gasteiger partial charge in [-0.1, -0.05) is 90.1 Å². The van der Waals surface area contributed by atoms with E-state index >= 15 is 0 Å². The van der Waals surface area contributed by atoms with Gasteiger partial charge in [0.05, 0.1) is 6.61 Å². The zero-order valence-electron chi connectivity index (χ0n) is 22.2. The number of para-hydroxylation sites is 1. The summed E-state index contributed by atoms with van der Waals surface area (Å²) in [5.74, 6) is -0.264. The van der Waals surface area contributed by atoms with Gasteiger partial charge in [-0.3, -0.25) is 9.32 Å². The molecule has 1 unspecified atom stereocenters. The standard InChI is InChI=1S/C28H42NO5P/c1-8-23(9-2)29(26(28(30)31)19-22-15-12-11-13-16-22)35(32,33-10-3)34-27-24(20(4)5)17-14-18-25(27)21(6)7/h11-18,20-21,23,26H,8-10,19H2,1-7H3,(H,30,31)/t26-,35?/m0/s1. The third kappa shape index (κ3) is 7.19. The number of benzene rings is 2. The van der Waals surface area contributed by atoms with E-state index in [9.17, 15) is 14.5 Å². The minimum absolute atomic E-state index is 0.125. The molecule has 2 aromatic rings. The minimum atomic E-state index is -4.07. The fourth-order valence-corrected chi connectivity index (χ4v) is 6.72. The quantitative estimate of drug-likeness (QED) is 0.267. The van der Waals surface area contributed by atoms with Crippen LogP contribution in [0.5, 0.6) is 5.75 Å². The lowest BCUT2D eigenvalue weighted by Gasteiger charge is -2.39. The van der Waals surface area contributed by atoms with Crippen molar-refractivity contribution in [1.29, 1.82) is 0 Å². The lowest BCUT2D eigenvalue weighted by Crippen LogP contribution is -2.47. The number of rotatable bonds is 14. The topological polar surface area (TPSA) is 76.1 Å². The predicted molar refractivity (Wildman–Crippen MR) is 142 cm³/mol. The highest BCUT2D eigenvalue weighted by atomic mass is 31.2. The Bertz CT molecular complexity index is 962. The Morgan fingerprint density at radius 3 is 1.89 bits per heavy atom. The maximum Gasteiger partial charge on any atom is 0.462 e. The number of carboxylic acid groups (broad SMARTS) is 1. The summed E-state index contributed by atoms with van der Waals surface area (Å²) in [6.07, 6.45) is 1.41. The minimum Gasteiger partial charge on any atom is -0.480 e. The van der Waals surface area contributed by atoms with Crippen molar-refractivity contribution in [3.05, 3.63) is 65.2 Å². The Morgan fingerprint density at radius 2 is 1.46 bits per heavy atom. The van der Waals surface area contributed by atoms with Gasteiger partial charge in [-0.15, -0.1) is 0 Å². The second-order valence-corrected chi connectivity index (χ2v) is 11.3. The summed E-state index contributed by atoms with van der Waals surface area (Å²) in [4.78, 5) is 12.7. The summed E-state index contributed by atoms with van der Waals surface area (Å²) >= 11 is 0. The molecule has 0 bridgehead atoms. The molecule has 2 atom stereocenters. The number of carboxylic acids is 1. The van der Waals surface area contributed by atoms with E-state index in [-0.39, 0.29) is 30.9 Å². The van der Waals surface area contributed by atoms with Crippen molar-refractivity contribution in [3.63, 3.8) is 0 Å². The molecular formula is C28H42NO5P. The zero-order valence-corrected chi connectivity index (χ0v) is 23.1. The molecule has 194 valence electrons. The molecule has 0 aromatic heterocycles. The van der Waals surface area contributed by atoms with E-state index in [1.54, 1.807) is 6.92 Å². The van der Waals surface area contributed by atoms with Gasteiger partial charge in [0.15, 0.2) is 0 Å². The van der Waals surface area contributed by atoms with Crippen LogP contribution in [-0.4, -0.2) is 34.4 Å². The maximum atomic E-state index is 14.7. The lowest BCUT2D eigenvalue weighted by molar-refractivity contribution is -0.142. The van der Waals surface area contributed by atoms with Crippen molar-refractivity contribution in [2.45, 2.75) is 91.6 Å². The van der Waals surface area contributed by atoms with E-state index in [1.165, 1.54) is 4.67 Å². The smallest absolute Gasteiger partial charge is 0.462 e.